The van der Waals surface area contributed by atoms with Gasteiger partial charge in [-0.25, -0.2) is 0 Å². The van der Waals surface area contributed by atoms with Gasteiger partial charge in [-0.05, 0) is 0 Å². The van der Waals surface area contributed by atoms with Gasteiger partial charge in [0.2, 0.25) is 0 Å². The Morgan fingerprint density at radius 3 is 1.24 bits per heavy atom. The molecule has 0 fully saturated rings. The monoisotopic (exact) mass is 748 g/mol. The van der Waals surface area contributed by atoms with Gasteiger partial charge in [0.25, 0.3) is 0 Å². The zero-order valence-electron chi connectivity index (χ0n) is 25.4. The van der Waals surface area contributed by atoms with Crippen molar-refractivity contribution < 1.29 is 9.78 Å². The SMILES string of the molecule is C[CH]=[Hf]([CH3])([CH3])([CH3])([CH3])([Cl])([Cl])([CH]1C(C)=Cc2c(-c3ccccc3)cccc21)[CH]1C(C)=Cc2c(-c3ccccc3)cccc21. The third kappa shape index (κ3) is 3.71. The fraction of sp³-hybridized carbons (Fsp3) is 0.237. The van der Waals surface area contributed by atoms with Gasteiger partial charge >= 0.3 is 242 Å². The van der Waals surface area contributed by atoms with Crippen molar-refractivity contribution in [1.29, 1.82) is 0 Å². The maximum absolute atomic E-state index is 9.05. The Morgan fingerprint density at radius 2 is 0.902 bits per heavy atom. The van der Waals surface area contributed by atoms with Gasteiger partial charge in [0.05, 0.1) is 0 Å². The Bertz CT molecular complexity index is 1920. The van der Waals surface area contributed by atoms with Gasteiger partial charge in [0.15, 0.2) is 0 Å². The van der Waals surface area contributed by atoms with Crippen LogP contribution < -0.4 is 0 Å². The summed E-state index contributed by atoms with van der Waals surface area (Å²) in [6.07, 6.45) is 4.69. The zero-order chi connectivity index (χ0) is 29.7. The Morgan fingerprint density at radius 1 is 0.537 bits per heavy atom. The number of benzene rings is 4. The number of halogens is 2. The molecule has 0 amide bonds. The minimum absolute atomic E-state index is 0.233. The van der Waals surface area contributed by atoms with Crippen LogP contribution in [0.2, 0.25) is 18.7 Å². The molecule has 6 rings (SSSR count). The summed E-state index contributed by atoms with van der Waals surface area (Å²) in [6, 6.07) is 34.5. The molecule has 4 aromatic carbocycles. The van der Waals surface area contributed by atoms with E-state index in [1.165, 1.54) is 55.7 Å². The second-order valence-corrected chi connectivity index (χ2v) is 131. The summed E-state index contributed by atoms with van der Waals surface area (Å²) in [5.74, 6) is 0. The predicted octanol–water partition coefficient (Wildman–Crippen LogP) is 12.8. The van der Waals surface area contributed by atoms with Crippen LogP contribution in [-0.2, 0) is 9.78 Å². The fourth-order valence-electron chi connectivity index (χ4n) is 9.87. The van der Waals surface area contributed by atoms with Crippen molar-refractivity contribution >= 4 is 33.1 Å². The van der Waals surface area contributed by atoms with Crippen molar-refractivity contribution in [2.24, 2.45) is 0 Å². The Hall–Kier alpha value is -2.32. The fourth-order valence-corrected chi connectivity index (χ4v) is 57.9. The second-order valence-electron chi connectivity index (χ2n) is 18.5. The van der Waals surface area contributed by atoms with Gasteiger partial charge in [-0.3, -0.25) is 0 Å². The molecule has 4 aromatic rings. The van der Waals surface area contributed by atoms with E-state index in [1.54, 1.807) is 0 Å². The summed E-state index contributed by atoms with van der Waals surface area (Å²) in [5, 5.41) is 0. The summed E-state index contributed by atoms with van der Waals surface area (Å²) in [5.41, 5.74) is 12.1. The summed E-state index contributed by atoms with van der Waals surface area (Å²) in [6.45, 7) is 6.58. The van der Waals surface area contributed by atoms with Crippen LogP contribution in [0.5, 0.6) is 0 Å². The first-order valence-corrected chi connectivity index (χ1v) is 44.4. The molecule has 2 aliphatic rings. The molecule has 0 saturated heterocycles. The van der Waals surface area contributed by atoms with Crippen molar-refractivity contribution in [1.82, 2.24) is 0 Å². The van der Waals surface area contributed by atoms with E-state index in [2.05, 4.69) is 152 Å². The van der Waals surface area contributed by atoms with E-state index in [1.807, 2.05) is 0 Å². The van der Waals surface area contributed by atoms with E-state index in [0.29, 0.717) is 0 Å². The van der Waals surface area contributed by atoms with Crippen LogP contribution in [0.4, 0.5) is 0 Å². The first-order chi connectivity index (χ1) is 18.7. The molecule has 2 unspecified atom stereocenters. The third-order valence-electron chi connectivity index (χ3n) is 11.8. The average molecular weight is 748 g/mol. The molecule has 0 heterocycles. The molecule has 0 aliphatic heterocycles. The molecule has 3 heteroatoms. The molecule has 212 valence electrons. The van der Waals surface area contributed by atoms with Crippen LogP contribution in [0.3, 0.4) is 0 Å². The zero-order valence-corrected chi connectivity index (χ0v) is 30.5. The van der Waals surface area contributed by atoms with Gasteiger partial charge in [0, 0.05) is 0 Å². The summed E-state index contributed by atoms with van der Waals surface area (Å²) < 4.78 is 10.9. The maximum atomic E-state index is 9.05. The summed E-state index contributed by atoms with van der Waals surface area (Å²) in [7, 11) is 10.9. The first kappa shape index (κ1) is 28.8. The molecular weight excluding hydrogens is 706 g/mol. The van der Waals surface area contributed by atoms with E-state index in [0.717, 1.165) is 0 Å². The molecule has 0 nitrogen and oxygen atoms in total. The molecule has 0 saturated carbocycles. The molecule has 0 bridgehead atoms. The van der Waals surface area contributed by atoms with Crippen molar-refractivity contribution in [2.45, 2.75) is 46.8 Å². The molecule has 0 N–H and O–H groups in total. The number of hydrogen-bond donors (Lipinski definition) is 0. The molecule has 41 heavy (non-hydrogen) atoms. The molecular formula is C38H42Cl2Hf. The third-order valence-corrected chi connectivity index (χ3v) is 64.8. The normalized spacial score (nSPS) is 23.2. The number of fused-ring (bicyclic) bond motifs is 2. The van der Waals surface area contributed by atoms with E-state index in [9.17, 15) is 0 Å². The molecule has 0 aromatic heterocycles. The quantitative estimate of drug-likeness (QED) is 0.182. The minimum atomic E-state index is -7.22. The van der Waals surface area contributed by atoms with Crippen LogP contribution in [0.15, 0.2) is 108 Å². The van der Waals surface area contributed by atoms with Crippen LogP contribution >= 0.6 is 17.2 Å². The van der Waals surface area contributed by atoms with E-state index >= 15 is 0 Å². The average Bonchev–Trinajstić information content (AvgIpc) is 3.47. The van der Waals surface area contributed by atoms with Crippen molar-refractivity contribution in [3.8, 4) is 22.3 Å². The van der Waals surface area contributed by atoms with Crippen LogP contribution in [0, 0.1) is 0 Å². The van der Waals surface area contributed by atoms with Crippen molar-refractivity contribution in [2.75, 3.05) is 0 Å². The van der Waals surface area contributed by atoms with Gasteiger partial charge in [-0.1, -0.05) is 0 Å². The predicted molar refractivity (Wildman–Crippen MR) is 183 cm³/mol. The van der Waals surface area contributed by atoms with Crippen LogP contribution in [0.25, 0.3) is 34.4 Å². The molecule has 2 aliphatic carbocycles. The second kappa shape index (κ2) is 6.45. The molecule has 0 radical (unpaired) electrons. The number of rotatable bonds is 4. The Labute approximate surface area is 240 Å². The van der Waals surface area contributed by atoms with Crippen molar-refractivity contribution in [3.63, 3.8) is 0 Å². The molecule has 0 spiro atoms. The topological polar surface area (TPSA) is 0 Å². The van der Waals surface area contributed by atoms with Gasteiger partial charge in [0.1, 0.15) is 0 Å². The Kier molecular flexibility index (Phi) is 4.53. The van der Waals surface area contributed by atoms with Crippen LogP contribution in [0.1, 0.15) is 50.4 Å². The summed E-state index contributed by atoms with van der Waals surface area (Å²) >= 11 is 0. The van der Waals surface area contributed by atoms with Gasteiger partial charge < -0.3 is 0 Å². The van der Waals surface area contributed by atoms with E-state index < -0.39 is 9.78 Å². The Balaban J connectivity index is 1.74. The summed E-state index contributed by atoms with van der Waals surface area (Å²) in [4.78, 5) is 0. The van der Waals surface area contributed by atoms with Crippen molar-refractivity contribution in [3.05, 3.63) is 130 Å². The number of hydrogen-bond acceptors (Lipinski definition) is 0. The number of allylic oxidation sites excluding steroid dienone is 2. The first-order valence-electron chi connectivity index (χ1n) is 14.9. The van der Waals surface area contributed by atoms with E-state index in [4.69, 9.17) is 17.2 Å². The molecule has 2 atom stereocenters. The van der Waals surface area contributed by atoms with Gasteiger partial charge in [-0.15, -0.1) is 0 Å². The van der Waals surface area contributed by atoms with E-state index in [-0.39, 0.29) is 7.35 Å². The van der Waals surface area contributed by atoms with Crippen LogP contribution in [-0.4, -0.2) is 3.76 Å². The van der Waals surface area contributed by atoms with Gasteiger partial charge in [-0.2, -0.15) is 0 Å². The standard InChI is InChI=1S/2C16H13.C2H4.4CH3.2ClH.Hf/c2*1-12-10-14-8-5-9-15(16(14)11-12)13-6-3-2-4-7-13;1-2;;;;;;;/h2*2-11H,1H3;1H,2H3;4*1H3;2*1H;/q;;;;;;;;;+2/p-2.